The molecule has 1 aliphatic heterocycles. The number of nitrogens with zero attached hydrogens (tertiary/aromatic N) is 3. The van der Waals surface area contributed by atoms with Crippen molar-refractivity contribution in [3.05, 3.63) is 47.8 Å². The Morgan fingerprint density at radius 3 is 2.75 bits per heavy atom. The lowest BCUT2D eigenvalue weighted by molar-refractivity contribution is -0.113. The van der Waals surface area contributed by atoms with E-state index < -0.39 is 0 Å². The number of aldehydes is 1. The van der Waals surface area contributed by atoms with Crippen molar-refractivity contribution >= 4 is 22.9 Å². The molecular formula is C22H22N4O2. The van der Waals surface area contributed by atoms with Crippen molar-refractivity contribution in [2.75, 3.05) is 12.8 Å². The Kier molecular flexibility index (Phi) is 4.02. The lowest BCUT2D eigenvalue weighted by Crippen LogP contribution is -2.39. The number of methoxy groups -OCH3 is 1. The van der Waals surface area contributed by atoms with Crippen LogP contribution in [0.2, 0.25) is 0 Å². The highest BCUT2D eigenvalue weighted by Gasteiger charge is 2.39. The van der Waals surface area contributed by atoms with E-state index in [1.54, 1.807) is 13.3 Å². The van der Waals surface area contributed by atoms with Crippen LogP contribution in [0, 0.1) is 0 Å². The number of hydrogen-bond donors (Lipinski definition) is 1. The normalized spacial score (nSPS) is 19.4. The molecule has 28 heavy (non-hydrogen) atoms. The van der Waals surface area contributed by atoms with Crippen LogP contribution in [0.25, 0.3) is 22.0 Å². The third-order valence-electron chi connectivity index (χ3n) is 6.09. The Balaban J connectivity index is 1.72. The van der Waals surface area contributed by atoms with Crippen molar-refractivity contribution < 1.29 is 9.53 Å². The number of nitrogens with two attached hydrogens (primary N) is 1. The number of hydrogen-bond acceptors (Lipinski definition) is 6. The van der Waals surface area contributed by atoms with Gasteiger partial charge in [0.2, 0.25) is 5.88 Å². The molecule has 1 aliphatic carbocycles. The quantitative estimate of drug-likeness (QED) is 0.704. The van der Waals surface area contributed by atoms with Crippen LogP contribution >= 0.6 is 0 Å². The van der Waals surface area contributed by atoms with Gasteiger partial charge in [-0.2, -0.15) is 0 Å². The second-order valence-corrected chi connectivity index (χ2v) is 7.49. The molecule has 3 aromatic rings. The molecule has 0 bridgehead atoms. The van der Waals surface area contributed by atoms with Gasteiger partial charge in [0.05, 0.1) is 24.4 Å². The van der Waals surface area contributed by atoms with Crippen molar-refractivity contribution in [3.63, 3.8) is 0 Å². The van der Waals surface area contributed by atoms with Crippen molar-refractivity contribution in [3.8, 4) is 17.0 Å². The zero-order valence-corrected chi connectivity index (χ0v) is 15.8. The number of rotatable bonds is 4. The van der Waals surface area contributed by atoms with E-state index in [-0.39, 0.29) is 6.04 Å². The molecule has 142 valence electrons. The van der Waals surface area contributed by atoms with Gasteiger partial charge in [-0.3, -0.25) is 9.88 Å². The molecule has 6 heteroatoms. The van der Waals surface area contributed by atoms with Crippen LogP contribution < -0.4 is 10.5 Å². The molecule has 1 saturated carbocycles. The van der Waals surface area contributed by atoms with Crippen LogP contribution in [0.3, 0.4) is 0 Å². The van der Waals surface area contributed by atoms with Crippen molar-refractivity contribution in [1.29, 1.82) is 0 Å². The van der Waals surface area contributed by atoms with Crippen molar-refractivity contribution in [2.24, 2.45) is 0 Å². The number of carbonyl (C=O) groups excluding carboxylic acids is 1. The fourth-order valence-electron chi connectivity index (χ4n) is 4.46. The van der Waals surface area contributed by atoms with E-state index in [0.717, 1.165) is 52.4 Å². The number of anilines is 1. The molecule has 2 aliphatic rings. The number of carbonyl (C=O) groups is 1. The first-order valence-corrected chi connectivity index (χ1v) is 9.64. The molecule has 5 rings (SSSR count). The molecule has 1 unspecified atom stereocenters. The third-order valence-corrected chi connectivity index (χ3v) is 6.09. The number of benzene rings is 1. The van der Waals surface area contributed by atoms with Crippen LogP contribution in [-0.4, -0.2) is 34.3 Å². The van der Waals surface area contributed by atoms with Crippen molar-refractivity contribution in [2.45, 2.75) is 37.9 Å². The predicted octanol–water partition coefficient (Wildman–Crippen LogP) is 3.50. The van der Waals surface area contributed by atoms with E-state index in [1.165, 1.54) is 6.42 Å². The molecule has 0 saturated heterocycles. The number of pyridine rings is 2. The van der Waals surface area contributed by atoms with Gasteiger partial charge in [-0.25, -0.2) is 4.98 Å². The Morgan fingerprint density at radius 1 is 1.21 bits per heavy atom. The fourth-order valence-corrected chi connectivity index (χ4v) is 4.46. The maximum Gasteiger partial charge on any atom is 0.221 e. The van der Waals surface area contributed by atoms with Gasteiger partial charge in [0, 0.05) is 46.5 Å². The van der Waals surface area contributed by atoms with E-state index >= 15 is 0 Å². The van der Waals surface area contributed by atoms with Gasteiger partial charge < -0.3 is 15.3 Å². The first kappa shape index (κ1) is 17.1. The summed E-state index contributed by atoms with van der Waals surface area (Å²) in [5.41, 5.74) is 11.7. The first-order valence-electron chi connectivity index (χ1n) is 9.64. The number of nitrogen functional groups attached to an aromatic ring is 1. The molecule has 1 fully saturated rings. The van der Waals surface area contributed by atoms with Gasteiger partial charge in [-0.1, -0.05) is 24.6 Å². The standard InChI is InChI=1S/C22H22N4O2/c1-28-22-15(9-4-10-24-22)14-7-3-8-16-20(23)19-17(25-21(14)16)11-26(18(19)12-27)13-5-2-6-13/h3-4,7-10,12-13,18H,2,5-6,11H2,1H3,(H2,23,25). The number of ether oxygens (including phenoxy) is 1. The smallest absolute Gasteiger partial charge is 0.221 e. The summed E-state index contributed by atoms with van der Waals surface area (Å²) < 4.78 is 5.45. The van der Waals surface area contributed by atoms with Gasteiger partial charge in [-0.05, 0) is 25.0 Å². The van der Waals surface area contributed by atoms with Gasteiger partial charge >= 0.3 is 0 Å². The Hall–Kier alpha value is -2.99. The average molecular weight is 374 g/mol. The molecule has 1 aromatic carbocycles. The molecule has 2 aromatic heterocycles. The summed E-state index contributed by atoms with van der Waals surface area (Å²) in [6.45, 7) is 0.669. The van der Waals surface area contributed by atoms with Crippen molar-refractivity contribution in [1.82, 2.24) is 14.9 Å². The Labute approximate surface area is 163 Å². The zero-order valence-electron chi connectivity index (χ0n) is 15.8. The van der Waals surface area contributed by atoms with Crippen LogP contribution in [0.1, 0.15) is 36.6 Å². The van der Waals surface area contributed by atoms with E-state index in [4.69, 9.17) is 15.5 Å². The van der Waals surface area contributed by atoms with Crippen LogP contribution in [0.5, 0.6) is 5.88 Å². The highest BCUT2D eigenvalue weighted by molar-refractivity contribution is 6.02. The third kappa shape index (κ3) is 2.41. The van der Waals surface area contributed by atoms with Gasteiger partial charge in [-0.15, -0.1) is 0 Å². The minimum atomic E-state index is -0.297. The van der Waals surface area contributed by atoms with Crippen LogP contribution in [0.15, 0.2) is 36.5 Å². The topological polar surface area (TPSA) is 81.3 Å². The monoisotopic (exact) mass is 374 g/mol. The molecule has 0 amide bonds. The summed E-state index contributed by atoms with van der Waals surface area (Å²) in [5, 5.41) is 0.865. The lowest BCUT2D eigenvalue weighted by Gasteiger charge is -2.36. The van der Waals surface area contributed by atoms with Gasteiger partial charge in [0.25, 0.3) is 0 Å². The highest BCUT2D eigenvalue weighted by Crippen LogP contribution is 2.44. The maximum atomic E-state index is 11.9. The maximum absolute atomic E-state index is 11.9. The predicted molar refractivity (Wildman–Crippen MR) is 108 cm³/mol. The summed E-state index contributed by atoms with van der Waals surface area (Å²) in [6.07, 6.45) is 6.21. The molecule has 6 nitrogen and oxygen atoms in total. The molecule has 3 heterocycles. The number of aromatic nitrogens is 2. The minimum Gasteiger partial charge on any atom is -0.481 e. The van der Waals surface area contributed by atoms with E-state index in [0.29, 0.717) is 24.2 Å². The molecule has 0 radical (unpaired) electrons. The summed E-state index contributed by atoms with van der Waals surface area (Å²) in [4.78, 5) is 23.5. The largest absolute Gasteiger partial charge is 0.481 e. The Bertz CT molecular complexity index is 1080. The van der Waals surface area contributed by atoms with Crippen LogP contribution in [-0.2, 0) is 11.3 Å². The summed E-state index contributed by atoms with van der Waals surface area (Å²) in [5.74, 6) is 0.553. The summed E-state index contributed by atoms with van der Waals surface area (Å²) in [7, 11) is 1.61. The SMILES string of the molecule is COc1ncccc1-c1cccc2c(N)c3c(nc12)CN(C1CCC1)C3C=O. The average Bonchev–Trinajstić information content (AvgIpc) is 3.04. The molecule has 1 atom stereocenters. The number of fused-ring (bicyclic) bond motifs is 2. The Morgan fingerprint density at radius 2 is 2.04 bits per heavy atom. The van der Waals surface area contributed by atoms with Gasteiger partial charge in [0.15, 0.2) is 0 Å². The van der Waals surface area contributed by atoms with E-state index in [1.807, 2.05) is 30.3 Å². The van der Waals surface area contributed by atoms with Gasteiger partial charge in [0.1, 0.15) is 6.29 Å². The molecular weight excluding hydrogens is 352 g/mol. The molecule has 0 spiro atoms. The summed E-state index contributed by atoms with van der Waals surface area (Å²) in [6, 6.07) is 9.95. The highest BCUT2D eigenvalue weighted by atomic mass is 16.5. The minimum absolute atomic E-state index is 0.297. The fraction of sp³-hybridized carbons (Fsp3) is 0.318. The summed E-state index contributed by atoms with van der Waals surface area (Å²) >= 11 is 0. The second kappa shape index (κ2) is 6.56. The lowest BCUT2D eigenvalue weighted by atomic mass is 9.90. The zero-order chi connectivity index (χ0) is 19.3. The van der Waals surface area contributed by atoms with E-state index in [9.17, 15) is 4.79 Å². The second-order valence-electron chi connectivity index (χ2n) is 7.49. The first-order chi connectivity index (χ1) is 13.7. The molecule has 2 N–H and O–H groups in total. The number of para-hydroxylation sites is 1. The van der Waals surface area contributed by atoms with Crippen LogP contribution in [0.4, 0.5) is 5.69 Å². The van der Waals surface area contributed by atoms with E-state index in [2.05, 4.69) is 9.88 Å².